The lowest BCUT2D eigenvalue weighted by Crippen LogP contribution is -2.44. The molecular weight excluding hydrogens is 494 g/mol. The molecule has 1 amide bonds. The highest BCUT2D eigenvalue weighted by atomic mass is 35.5. The maximum atomic E-state index is 13.3. The average Bonchev–Trinajstić information content (AvgIpc) is 3.35. The number of hydrogen-bond donors (Lipinski definition) is 1. The molecule has 1 aromatic heterocycles. The Bertz CT molecular complexity index is 1280. The van der Waals surface area contributed by atoms with Crippen molar-refractivity contribution in [3.8, 4) is 0 Å². The highest BCUT2D eigenvalue weighted by Gasteiger charge is 2.31. The van der Waals surface area contributed by atoms with E-state index in [1.807, 2.05) is 23.1 Å². The minimum absolute atomic E-state index is 0. The molecule has 1 fully saturated rings. The van der Waals surface area contributed by atoms with Crippen LogP contribution in [-0.2, 0) is 21.2 Å². The average molecular weight is 520 g/mol. The second-order valence-corrected chi connectivity index (χ2v) is 11.4. The molecule has 1 saturated heterocycles. The van der Waals surface area contributed by atoms with Crippen LogP contribution in [0.2, 0.25) is 5.02 Å². The van der Waals surface area contributed by atoms with Crippen molar-refractivity contribution in [3.05, 3.63) is 59.4 Å². The van der Waals surface area contributed by atoms with Gasteiger partial charge in [-0.1, -0.05) is 11.6 Å². The van der Waals surface area contributed by atoms with Crippen LogP contribution in [0.1, 0.15) is 26.3 Å². The van der Waals surface area contributed by atoms with Crippen LogP contribution in [0.25, 0.3) is 0 Å². The van der Waals surface area contributed by atoms with Gasteiger partial charge in [-0.2, -0.15) is 4.37 Å². The van der Waals surface area contributed by atoms with Crippen molar-refractivity contribution in [2.24, 2.45) is 5.92 Å². The maximum absolute atomic E-state index is 13.3. The van der Waals surface area contributed by atoms with E-state index in [-0.39, 0.29) is 23.3 Å². The molecule has 8 nitrogen and oxygen atoms in total. The second-order valence-electron chi connectivity index (χ2n) is 8.47. The molecule has 180 valence electrons. The summed E-state index contributed by atoms with van der Waals surface area (Å²) in [6, 6.07) is 12.6. The highest BCUT2D eigenvalue weighted by Crippen LogP contribution is 2.33. The van der Waals surface area contributed by atoms with Gasteiger partial charge < -0.3 is 9.80 Å². The predicted octanol–water partition coefficient (Wildman–Crippen LogP) is 4.43. The van der Waals surface area contributed by atoms with Crippen molar-refractivity contribution in [3.63, 3.8) is 0 Å². The van der Waals surface area contributed by atoms with Crippen molar-refractivity contribution < 1.29 is 14.6 Å². The first kappa shape index (κ1) is 23.1. The van der Waals surface area contributed by atoms with E-state index in [2.05, 4.69) is 19.0 Å². The van der Waals surface area contributed by atoms with E-state index in [1.165, 1.54) is 6.33 Å². The fourth-order valence-corrected chi connectivity index (χ4v) is 6.48. The lowest BCUT2D eigenvalue weighted by atomic mass is 9.93. The van der Waals surface area contributed by atoms with Crippen LogP contribution in [0.5, 0.6) is 0 Å². The van der Waals surface area contributed by atoms with Gasteiger partial charge in [0, 0.05) is 54.9 Å². The number of hydrogen-bond acceptors (Lipinski definition) is 7. The number of benzene rings is 2. The Hall–Kier alpha value is -2.69. The lowest BCUT2D eigenvalue weighted by Gasteiger charge is -2.37. The number of piperidine rings is 1. The molecule has 2 aliphatic rings. The standard InChI is InChI=1S/C23H24ClN5O3S2.H2/c24-18-3-8-21-17(14-18)2-1-11-29(21)22(30)16-9-12-28(13-10-16)19-4-6-20(7-5-19)34(31,32)27-23-25-15-26-33-23;/h3-8,14-16H,1-2,9-13H2,(H,25,26,27);1H. The smallest absolute Gasteiger partial charge is 0.263 e. The Morgan fingerprint density at radius 1 is 1.12 bits per heavy atom. The number of sulfonamides is 1. The van der Waals surface area contributed by atoms with Crippen LogP contribution in [0.4, 0.5) is 16.5 Å². The molecule has 0 spiro atoms. The Morgan fingerprint density at radius 3 is 2.59 bits per heavy atom. The van der Waals surface area contributed by atoms with Gasteiger partial charge in [0.25, 0.3) is 10.0 Å². The van der Waals surface area contributed by atoms with Crippen molar-refractivity contribution >= 4 is 55.6 Å². The van der Waals surface area contributed by atoms with E-state index < -0.39 is 10.0 Å². The van der Waals surface area contributed by atoms with Crippen LogP contribution in [0, 0.1) is 5.92 Å². The maximum Gasteiger partial charge on any atom is 0.263 e. The molecule has 3 heterocycles. The monoisotopic (exact) mass is 519 g/mol. The number of nitrogens with one attached hydrogen (secondary N) is 1. The van der Waals surface area contributed by atoms with Crippen molar-refractivity contribution in [1.29, 1.82) is 0 Å². The molecule has 0 radical (unpaired) electrons. The van der Waals surface area contributed by atoms with E-state index in [0.29, 0.717) is 5.02 Å². The number of nitrogens with zero attached hydrogens (tertiary/aromatic N) is 4. The van der Waals surface area contributed by atoms with Crippen molar-refractivity contribution in [2.45, 2.75) is 30.6 Å². The minimum atomic E-state index is -3.71. The quantitative estimate of drug-likeness (QED) is 0.535. The van der Waals surface area contributed by atoms with E-state index in [1.54, 1.807) is 24.3 Å². The number of aromatic nitrogens is 2. The summed E-state index contributed by atoms with van der Waals surface area (Å²) in [4.78, 5) is 21.5. The lowest BCUT2D eigenvalue weighted by molar-refractivity contribution is -0.123. The molecule has 2 aliphatic heterocycles. The zero-order valence-corrected chi connectivity index (χ0v) is 20.7. The van der Waals surface area contributed by atoms with E-state index in [9.17, 15) is 13.2 Å². The third kappa shape index (κ3) is 4.75. The van der Waals surface area contributed by atoms with Crippen molar-refractivity contribution in [1.82, 2.24) is 9.36 Å². The van der Waals surface area contributed by atoms with Gasteiger partial charge in [-0.25, -0.2) is 13.4 Å². The Labute approximate surface area is 209 Å². The minimum Gasteiger partial charge on any atom is -0.371 e. The van der Waals surface area contributed by atoms with E-state index in [0.717, 1.165) is 73.8 Å². The molecule has 2 aromatic carbocycles. The second kappa shape index (κ2) is 9.52. The number of rotatable bonds is 5. The van der Waals surface area contributed by atoms with Crippen LogP contribution in [0.15, 0.2) is 53.7 Å². The van der Waals surface area contributed by atoms with E-state index >= 15 is 0 Å². The predicted molar refractivity (Wildman–Crippen MR) is 136 cm³/mol. The molecule has 0 unspecified atom stereocenters. The fraction of sp³-hybridized carbons (Fsp3) is 0.348. The summed E-state index contributed by atoms with van der Waals surface area (Å²) in [5.41, 5.74) is 3.07. The molecule has 1 N–H and O–H groups in total. The highest BCUT2D eigenvalue weighted by molar-refractivity contribution is 7.93. The van der Waals surface area contributed by atoms with Gasteiger partial charge in [0.05, 0.1) is 4.90 Å². The molecule has 0 saturated carbocycles. The Balaban J connectivity index is 0.00000289. The van der Waals surface area contributed by atoms with Gasteiger partial charge in [0.2, 0.25) is 11.0 Å². The van der Waals surface area contributed by atoms with Gasteiger partial charge in [0.1, 0.15) is 6.33 Å². The first-order valence-electron chi connectivity index (χ1n) is 11.1. The molecule has 5 rings (SSSR count). The first-order valence-corrected chi connectivity index (χ1v) is 13.8. The number of fused-ring (bicyclic) bond motifs is 1. The number of carbonyl (C=O) groups is 1. The number of halogens is 1. The molecule has 0 atom stereocenters. The molecule has 34 heavy (non-hydrogen) atoms. The summed E-state index contributed by atoms with van der Waals surface area (Å²) in [6.07, 6.45) is 4.72. The summed E-state index contributed by atoms with van der Waals surface area (Å²) in [6.45, 7) is 2.23. The molecule has 3 aromatic rings. The van der Waals surface area contributed by atoms with Crippen LogP contribution >= 0.6 is 23.1 Å². The largest absolute Gasteiger partial charge is 0.371 e. The molecule has 0 bridgehead atoms. The zero-order chi connectivity index (χ0) is 23.7. The number of carbonyl (C=O) groups excluding carboxylic acids is 1. The van der Waals surface area contributed by atoms with Gasteiger partial charge >= 0.3 is 0 Å². The summed E-state index contributed by atoms with van der Waals surface area (Å²) in [5.74, 6) is 0.167. The van der Waals surface area contributed by atoms with Crippen LogP contribution in [-0.4, -0.2) is 43.3 Å². The summed E-state index contributed by atoms with van der Waals surface area (Å²) < 4.78 is 31.3. The Morgan fingerprint density at radius 2 is 1.88 bits per heavy atom. The third-order valence-corrected chi connectivity index (χ3v) is 8.66. The van der Waals surface area contributed by atoms with Gasteiger partial charge in [-0.15, -0.1) is 0 Å². The SMILES string of the molecule is O=C(C1CCN(c2ccc(S(=O)(=O)Nc3ncns3)cc2)CC1)N1CCCc2cc(Cl)ccc21.[HH]. The third-order valence-electron chi connectivity index (χ3n) is 6.37. The number of aryl methyl sites for hydroxylation is 1. The zero-order valence-electron chi connectivity index (χ0n) is 18.4. The van der Waals surface area contributed by atoms with Crippen LogP contribution < -0.4 is 14.5 Å². The van der Waals surface area contributed by atoms with Gasteiger partial charge in [-0.05, 0) is 73.7 Å². The summed E-state index contributed by atoms with van der Waals surface area (Å²) in [5, 5.41) is 0.936. The molecular formula is C23H26ClN5O3S2. The first-order chi connectivity index (χ1) is 16.4. The fourth-order valence-electron chi connectivity index (χ4n) is 4.63. The Kier molecular flexibility index (Phi) is 6.46. The summed E-state index contributed by atoms with van der Waals surface area (Å²) >= 11 is 7.13. The number of anilines is 3. The van der Waals surface area contributed by atoms with Gasteiger partial charge in [0.15, 0.2) is 0 Å². The van der Waals surface area contributed by atoms with Crippen molar-refractivity contribution in [2.75, 3.05) is 34.2 Å². The number of amides is 1. The molecule has 0 aliphatic carbocycles. The van der Waals surface area contributed by atoms with E-state index in [4.69, 9.17) is 11.6 Å². The summed E-state index contributed by atoms with van der Waals surface area (Å²) in [7, 11) is -3.71. The topological polar surface area (TPSA) is 95.5 Å². The normalized spacial score (nSPS) is 16.9. The molecule has 11 heteroatoms. The van der Waals surface area contributed by atoms with Gasteiger partial charge in [-0.3, -0.25) is 9.52 Å². The van der Waals surface area contributed by atoms with Crippen LogP contribution in [0.3, 0.4) is 0 Å².